The van der Waals surface area contributed by atoms with Crippen molar-refractivity contribution in [2.75, 3.05) is 31.1 Å². The number of nitrogens with two attached hydrogens (primary N) is 1. The van der Waals surface area contributed by atoms with Gasteiger partial charge < -0.3 is 15.4 Å². The van der Waals surface area contributed by atoms with E-state index < -0.39 is 0 Å². The number of ether oxygens (including phenoxy) is 1. The number of pyridine rings is 1. The highest BCUT2D eigenvalue weighted by atomic mass is 16.5. The van der Waals surface area contributed by atoms with Crippen molar-refractivity contribution in [2.24, 2.45) is 5.73 Å². The Hall–Kier alpha value is -1.13. The summed E-state index contributed by atoms with van der Waals surface area (Å²) >= 11 is 0. The fourth-order valence-electron chi connectivity index (χ4n) is 2.44. The van der Waals surface area contributed by atoms with Gasteiger partial charge in [0.1, 0.15) is 5.82 Å². The molecule has 0 saturated carbocycles. The predicted molar refractivity (Wildman–Crippen MR) is 73.9 cm³/mol. The van der Waals surface area contributed by atoms with Crippen LogP contribution >= 0.6 is 0 Å². The van der Waals surface area contributed by atoms with E-state index in [-0.39, 0.29) is 0 Å². The molecule has 4 nitrogen and oxygen atoms in total. The lowest BCUT2D eigenvalue weighted by molar-refractivity contribution is 0.0525. The zero-order valence-corrected chi connectivity index (χ0v) is 11.1. The third kappa shape index (κ3) is 3.43. The van der Waals surface area contributed by atoms with Crippen LogP contribution in [-0.2, 0) is 11.2 Å². The van der Waals surface area contributed by atoms with E-state index in [0.29, 0.717) is 12.6 Å². The third-order valence-corrected chi connectivity index (χ3v) is 3.35. The molecule has 1 saturated heterocycles. The minimum Gasteiger partial charge on any atom is -0.377 e. The maximum absolute atomic E-state index is 5.71. The first kappa shape index (κ1) is 13.3. The van der Waals surface area contributed by atoms with Gasteiger partial charge in [-0.15, -0.1) is 0 Å². The Morgan fingerprint density at radius 1 is 1.50 bits per heavy atom. The van der Waals surface area contributed by atoms with E-state index >= 15 is 0 Å². The summed E-state index contributed by atoms with van der Waals surface area (Å²) in [5, 5.41) is 0. The molecule has 1 unspecified atom stereocenters. The lowest BCUT2D eigenvalue weighted by atomic mass is 10.1. The zero-order chi connectivity index (χ0) is 12.8. The first-order valence-electron chi connectivity index (χ1n) is 6.85. The minimum atomic E-state index is 0.356. The number of nitrogens with zero attached hydrogens (tertiary/aromatic N) is 2. The van der Waals surface area contributed by atoms with Crippen molar-refractivity contribution in [2.45, 2.75) is 32.3 Å². The summed E-state index contributed by atoms with van der Waals surface area (Å²) in [5.74, 6) is 1.06. The Balaban J connectivity index is 1.97. The van der Waals surface area contributed by atoms with E-state index in [1.807, 2.05) is 6.20 Å². The van der Waals surface area contributed by atoms with Gasteiger partial charge >= 0.3 is 0 Å². The van der Waals surface area contributed by atoms with Gasteiger partial charge in [-0.3, -0.25) is 0 Å². The molecule has 2 rings (SSSR count). The molecule has 0 bridgehead atoms. The van der Waals surface area contributed by atoms with Gasteiger partial charge in [0, 0.05) is 25.9 Å². The number of aromatic nitrogens is 1. The summed E-state index contributed by atoms with van der Waals surface area (Å²) in [5.41, 5.74) is 6.75. The maximum atomic E-state index is 5.71. The highest BCUT2D eigenvalue weighted by Crippen LogP contribution is 2.19. The summed E-state index contributed by atoms with van der Waals surface area (Å²) in [6.07, 6.45) is 5.53. The van der Waals surface area contributed by atoms with Crippen LogP contribution in [0.3, 0.4) is 0 Å². The van der Waals surface area contributed by atoms with E-state index in [0.717, 1.165) is 38.4 Å². The van der Waals surface area contributed by atoms with Gasteiger partial charge in [-0.1, -0.05) is 6.07 Å². The second-order valence-corrected chi connectivity index (χ2v) is 4.73. The van der Waals surface area contributed by atoms with Crippen molar-refractivity contribution in [3.05, 3.63) is 23.9 Å². The number of hydrogen-bond donors (Lipinski definition) is 1. The van der Waals surface area contributed by atoms with E-state index in [1.165, 1.54) is 12.0 Å². The standard InChI is InChI=1S/C14H23N3O/c1-2-18-13-4-3-9-17(11-13)14-6-5-12(7-8-15)10-16-14/h5-6,10,13H,2-4,7-9,11,15H2,1H3. The van der Waals surface area contributed by atoms with Gasteiger partial charge in [0.05, 0.1) is 6.10 Å². The van der Waals surface area contributed by atoms with Gasteiger partial charge in [0.25, 0.3) is 0 Å². The Kier molecular flexibility index (Phi) is 4.96. The molecule has 2 heterocycles. The lowest BCUT2D eigenvalue weighted by Gasteiger charge is -2.33. The molecule has 0 amide bonds. The zero-order valence-electron chi connectivity index (χ0n) is 11.1. The van der Waals surface area contributed by atoms with Crippen LogP contribution in [0, 0.1) is 0 Å². The van der Waals surface area contributed by atoms with Crippen LogP contribution < -0.4 is 10.6 Å². The molecule has 1 aromatic rings. The van der Waals surface area contributed by atoms with Crippen LogP contribution in [0.15, 0.2) is 18.3 Å². The molecule has 1 atom stereocenters. The molecule has 1 aliphatic heterocycles. The largest absolute Gasteiger partial charge is 0.377 e. The number of hydrogen-bond acceptors (Lipinski definition) is 4. The molecule has 0 aromatic carbocycles. The van der Waals surface area contributed by atoms with Gasteiger partial charge in [-0.25, -0.2) is 4.98 Å². The van der Waals surface area contributed by atoms with Crippen LogP contribution in [0.5, 0.6) is 0 Å². The normalized spacial score (nSPS) is 20.1. The summed E-state index contributed by atoms with van der Waals surface area (Å²) in [6.45, 7) is 5.56. The first-order valence-corrected chi connectivity index (χ1v) is 6.85. The SMILES string of the molecule is CCOC1CCCN(c2ccc(CCN)cn2)C1. The van der Waals surface area contributed by atoms with Crippen LogP contribution in [0.25, 0.3) is 0 Å². The van der Waals surface area contributed by atoms with Crippen LogP contribution in [0.1, 0.15) is 25.3 Å². The minimum absolute atomic E-state index is 0.356. The molecule has 18 heavy (non-hydrogen) atoms. The summed E-state index contributed by atoms with van der Waals surface area (Å²) in [7, 11) is 0. The van der Waals surface area contributed by atoms with Crippen molar-refractivity contribution in [1.29, 1.82) is 0 Å². The molecular formula is C14H23N3O. The average Bonchev–Trinajstić information content (AvgIpc) is 2.41. The number of rotatable bonds is 5. The molecular weight excluding hydrogens is 226 g/mol. The molecule has 4 heteroatoms. The van der Waals surface area contributed by atoms with Gasteiger partial charge in [0.15, 0.2) is 0 Å². The van der Waals surface area contributed by atoms with Crippen molar-refractivity contribution < 1.29 is 4.74 Å². The summed E-state index contributed by atoms with van der Waals surface area (Å²) in [6, 6.07) is 4.22. The van der Waals surface area contributed by atoms with Crippen LogP contribution in [0.4, 0.5) is 5.82 Å². The third-order valence-electron chi connectivity index (χ3n) is 3.35. The van der Waals surface area contributed by atoms with E-state index in [1.54, 1.807) is 0 Å². The molecule has 1 aromatic heterocycles. The second kappa shape index (κ2) is 6.71. The molecule has 0 spiro atoms. The molecule has 0 radical (unpaired) electrons. The number of anilines is 1. The van der Waals surface area contributed by atoms with Gasteiger partial charge in [-0.2, -0.15) is 0 Å². The molecule has 100 valence electrons. The van der Waals surface area contributed by atoms with E-state index in [9.17, 15) is 0 Å². The fraction of sp³-hybridized carbons (Fsp3) is 0.643. The Morgan fingerprint density at radius 2 is 2.39 bits per heavy atom. The van der Waals surface area contributed by atoms with Crippen LogP contribution in [-0.4, -0.2) is 37.3 Å². The fourth-order valence-corrected chi connectivity index (χ4v) is 2.44. The van der Waals surface area contributed by atoms with Crippen molar-refractivity contribution >= 4 is 5.82 Å². The Bertz CT molecular complexity index is 351. The average molecular weight is 249 g/mol. The van der Waals surface area contributed by atoms with Gasteiger partial charge in [0.2, 0.25) is 0 Å². The van der Waals surface area contributed by atoms with Crippen molar-refractivity contribution in [1.82, 2.24) is 4.98 Å². The molecule has 0 aliphatic carbocycles. The lowest BCUT2D eigenvalue weighted by Crippen LogP contribution is -2.40. The second-order valence-electron chi connectivity index (χ2n) is 4.73. The quantitative estimate of drug-likeness (QED) is 0.861. The topological polar surface area (TPSA) is 51.4 Å². The van der Waals surface area contributed by atoms with E-state index in [4.69, 9.17) is 10.5 Å². The molecule has 1 aliphatic rings. The Morgan fingerprint density at radius 3 is 3.06 bits per heavy atom. The van der Waals surface area contributed by atoms with Gasteiger partial charge in [-0.05, 0) is 44.4 Å². The van der Waals surface area contributed by atoms with Crippen LogP contribution in [0.2, 0.25) is 0 Å². The molecule has 2 N–H and O–H groups in total. The van der Waals surface area contributed by atoms with Crippen molar-refractivity contribution in [3.8, 4) is 0 Å². The summed E-state index contributed by atoms with van der Waals surface area (Å²) in [4.78, 5) is 6.85. The highest BCUT2D eigenvalue weighted by Gasteiger charge is 2.20. The summed E-state index contributed by atoms with van der Waals surface area (Å²) < 4.78 is 5.71. The number of piperidine rings is 1. The smallest absolute Gasteiger partial charge is 0.128 e. The Labute approximate surface area is 109 Å². The predicted octanol–water partition coefficient (Wildman–Crippen LogP) is 1.59. The van der Waals surface area contributed by atoms with E-state index in [2.05, 4.69) is 28.9 Å². The molecule has 1 fully saturated rings. The first-order chi connectivity index (χ1) is 8.83. The maximum Gasteiger partial charge on any atom is 0.128 e. The highest BCUT2D eigenvalue weighted by molar-refractivity contribution is 5.40. The van der Waals surface area contributed by atoms with Crippen molar-refractivity contribution in [3.63, 3.8) is 0 Å². The monoisotopic (exact) mass is 249 g/mol.